The lowest BCUT2D eigenvalue weighted by Crippen LogP contribution is -2.48. The van der Waals surface area contributed by atoms with E-state index in [4.69, 9.17) is 4.74 Å². The molecule has 1 aliphatic heterocycles. The van der Waals surface area contributed by atoms with Crippen molar-refractivity contribution in [2.24, 2.45) is 5.92 Å². The molecule has 6 nitrogen and oxygen atoms in total. The molecular weight excluding hydrogens is 342 g/mol. The molecular formula is C21H31N3O3. The van der Waals surface area contributed by atoms with Gasteiger partial charge in [0.2, 0.25) is 11.8 Å². The molecule has 1 aliphatic carbocycles. The van der Waals surface area contributed by atoms with Crippen LogP contribution in [-0.4, -0.2) is 49.5 Å². The number of amides is 2. The minimum Gasteiger partial charge on any atom is -0.495 e. The van der Waals surface area contributed by atoms with Crippen LogP contribution in [0.1, 0.15) is 44.9 Å². The summed E-state index contributed by atoms with van der Waals surface area (Å²) in [6.45, 7) is 2.02. The molecule has 0 unspecified atom stereocenters. The molecule has 0 aromatic heterocycles. The smallest absolute Gasteiger partial charge is 0.238 e. The summed E-state index contributed by atoms with van der Waals surface area (Å²) in [5, 5.41) is 6.15. The molecule has 2 amide bonds. The van der Waals surface area contributed by atoms with E-state index in [-0.39, 0.29) is 23.8 Å². The van der Waals surface area contributed by atoms with Crippen LogP contribution in [0.25, 0.3) is 0 Å². The van der Waals surface area contributed by atoms with Crippen molar-refractivity contribution >= 4 is 17.5 Å². The maximum atomic E-state index is 12.4. The highest BCUT2D eigenvalue weighted by molar-refractivity contribution is 5.93. The predicted molar refractivity (Wildman–Crippen MR) is 106 cm³/mol. The first-order valence-corrected chi connectivity index (χ1v) is 10.1. The van der Waals surface area contributed by atoms with Crippen molar-refractivity contribution < 1.29 is 14.3 Å². The van der Waals surface area contributed by atoms with E-state index in [2.05, 4.69) is 15.5 Å². The van der Waals surface area contributed by atoms with Gasteiger partial charge in [-0.05, 0) is 37.8 Å². The molecule has 1 aromatic rings. The summed E-state index contributed by atoms with van der Waals surface area (Å²) in [5.74, 6) is 1.07. The molecule has 2 fully saturated rings. The van der Waals surface area contributed by atoms with Gasteiger partial charge in [0.15, 0.2) is 0 Å². The average molecular weight is 373 g/mol. The summed E-state index contributed by atoms with van der Waals surface area (Å²) in [7, 11) is 1.59. The number of piperidine rings is 1. The van der Waals surface area contributed by atoms with Gasteiger partial charge in [0, 0.05) is 25.0 Å². The molecule has 0 spiro atoms. The van der Waals surface area contributed by atoms with E-state index in [0.29, 0.717) is 18.0 Å². The number of carbonyl (C=O) groups excluding carboxylic acids is 2. The molecule has 0 radical (unpaired) electrons. The number of likely N-dealkylation sites (tertiary alicyclic amines) is 1. The van der Waals surface area contributed by atoms with E-state index in [9.17, 15) is 9.59 Å². The second kappa shape index (κ2) is 9.74. The van der Waals surface area contributed by atoms with Gasteiger partial charge in [-0.25, -0.2) is 0 Å². The molecule has 1 aromatic carbocycles. The highest BCUT2D eigenvalue weighted by atomic mass is 16.5. The zero-order valence-electron chi connectivity index (χ0n) is 16.2. The van der Waals surface area contributed by atoms with Crippen LogP contribution in [0.15, 0.2) is 24.3 Å². The summed E-state index contributed by atoms with van der Waals surface area (Å²) in [5.41, 5.74) is 0.694. The molecule has 1 heterocycles. The Morgan fingerprint density at radius 1 is 1.07 bits per heavy atom. The van der Waals surface area contributed by atoms with Gasteiger partial charge in [-0.3, -0.25) is 14.5 Å². The number of rotatable bonds is 6. The summed E-state index contributed by atoms with van der Waals surface area (Å²) in [6.07, 6.45) is 7.50. The topological polar surface area (TPSA) is 70.7 Å². The highest BCUT2D eigenvalue weighted by Gasteiger charge is 2.26. The van der Waals surface area contributed by atoms with Gasteiger partial charge in [-0.1, -0.05) is 31.4 Å². The Morgan fingerprint density at radius 3 is 2.48 bits per heavy atom. The third-order valence-corrected chi connectivity index (χ3v) is 5.66. The molecule has 2 aliphatic rings. The van der Waals surface area contributed by atoms with E-state index in [0.717, 1.165) is 38.8 Å². The van der Waals surface area contributed by atoms with Gasteiger partial charge >= 0.3 is 0 Å². The number of hydrogen-bond acceptors (Lipinski definition) is 4. The van der Waals surface area contributed by atoms with Gasteiger partial charge in [-0.2, -0.15) is 0 Å². The van der Waals surface area contributed by atoms with Crippen molar-refractivity contribution in [3.8, 4) is 5.75 Å². The van der Waals surface area contributed by atoms with Gasteiger partial charge < -0.3 is 15.4 Å². The molecule has 0 atom stereocenters. The van der Waals surface area contributed by atoms with Crippen LogP contribution in [-0.2, 0) is 9.59 Å². The van der Waals surface area contributed by atoms with Crippen molar-refractivity contribution in [1.82, 2.24) is 10.2 Å². The standard InChI is InChI=1S/C21H31N3O3/c1-27-19-10-6-5-9-18(19)23-20(25)15-24-13-11-17(12-14-24)22-21(26)16-7-3-2-4-8-16/h5-6,9-10,16-17H,2-4,7-8,11-15H2,1H3,(H,22,26)(H,23,25). The number of nitrogens with zero attached hydrogens (tertiary/aromatic N) is 1. The monoisotopic (exact) mass is 373 g/mol. The molecule has 27 heavy (non-hydrogen) atoms. The molecule has 0 bridgehead atoms. The SMILES string of the molecule is COc1ccccc1NC(=O)CN1CCC(NC(=O)C2CCCCC2)CC1. The molecule has 1 saturated heterocycles. The van der Waals surface area contributed by atoms with Crippen molar-refractivity contribution in [2.45, 2.75) is 51.0 Å². The van der Waals surface area contributed by atoms with E-state index >= 15 is 0 Å². The Kier molecular flexibility index (Phi) is 7.10. The number of carbonyl (C=O) groups is 2. The van der Waals surface area contributed by atoms with Crippen LogP contribution in [0, 0.1) is 5.92 Å². The van der Waals surface area contributed by atoms with Crippen LogP contribution < -0.4 is 15.4 Å². The van der Waals surface area contributed by atoms with Gasteiger partial charge in [-0.15, -0.1) is 0 Å². The molecule has 6 heteroatoms. The van der Waals surface area contributed by atoms with Gasteiger partial charge in [0.1, 0.15) is 5.75 Å². The fourth-order valence-corrected chi connectivity index (χ4v) is 4.06. The van der Waals surface area contributed by atoms with E-state index < -0.39 is 0 Å². The fraction of sp³-hybridized carbons (Fsp3) is 0.619. The Hall–Kier alpha value is -2.08. The highest BCUT2D eigenvalue weighted by Crippen LogP contribution is 2.25. The van der Waals surface area contributed by atoms with Crippen LogP contribution in [0.2, 0.25) is 0 Å². The Labute approximate surface area is 161 Å². The normalized spacial score (nSPS) is 19.4. The number of methoxy groups -OCH3 is 1. The fourth-order valence-electron chi connectivity index (χ4n) is 4.06. The number of benzene rings is 1. The lowest BCUT2D eigenvalue weighted by Gasteiger charge is -2.33. The first-order chi connectivity index (χ1) is 13.2. The maximum Gasteiger partial charge on any atom is 0.238 e. The van der Waals surface area contributed by atoms with Crippen molar-refractivity contribution in [3.63, 3.8) is 0 Å². The van der Waals surface area contributed by atoms with Crippen LogP contribution in [0.3, 0.4) is 0 Å². The number of hydrogen-bond donors (Lipinski definition) is 2. The second-order valence-corrected chi connectivity index (χ2v) is 7.64. The minimum absolute atomic E-state index is 0.0378. The summed E-state index contributed by atoms with van der Waals surface area (Å²) in [6, 6.07) is 7.66. The summed E-state index contributed by atoms with van der Waals surface area (Å²) in [4.78, 5) is 26.9. The van der Waals surface area contributed by atoms with Crippen molar-refractivity contribution in [1.29, 1.82) is 0 Å². The van der Waals surface area contributed by atoms with Gasteiger partial charge in [0.25, 0.3) is 0 Å². The second-order valence-electron chi connectivity index (χ2n) is 7.64. The molecule has 1 saturated carbocycles. The predicted octanol–water partition coefficient (Wildman–Crippen LogP) is 2.79. The van der Waals surface area contributed by atoms with E-state index in [1.807, 2.05) is 24.3 Å². The van der Waals surface area contributed by atoms with Crippen molar-refractivity contribution in [3.05, 3.63) is 24.3 Å². The number of ether oxygens (including phenoxy) is 1. The van der Waals surface area contributed by atoms with Crippen LogP contribution in [0.4, 0.5) is 5.69 Å². The number of nitrogens with one attached hydrogen (secondary N) is 2. The molecule has 148 valence electrons. The summed E-state index contributed by atoms with van der Waals surface area (Å²) >= 11 is 0. The average Bonchev–Trinajstić information content (AvgIpc) is 2.70. The minimum atomic E-state index is -0.0378. The third-order valence-electron chi connectivity index (χ3n) is 5.66. The number of para-hydroxylation sites is 2. The quantitative estimate of drug-likeness (QED) is 0.804. The Morgan fingerprint density at radius 2 is 1.78 bits per heavy atom. The van der Waals surface area contributed by atoms with Gasteiger partial charge in [0.05, 0.1) is 19.3 Å². The maximum absolute atomic E-state index is 12.4. The van der Waals surface area contributed by atoms with Crippen LogP contribution >= 0.6 is 0 Å². The molecule has 3 rings (SSSR count). The third kappa shape index (κ3) is 5.70. The first kappa shape index (κ1) is 19.7. The number of anilines is 1. The van der Waals surface area contributed by atoms with Crippen molar-refractivity contribution in [2.75, 3.05) is 32.1 Å². The molecule has 2 N–H and O–H groups in total. The lowest BCUT2D eigenvalue weighted by molar-refractivity contribution is -0.127. The Balaban J connectivity index is 1.40. The largest absolute Gasteiger partial charge is 0.495 e. The zero-order chi connectivity index (χ0) is 19.1. The first-order valence-electron chi connectivity index (χ1n) is 10.1. The Bertz CT molecular complexity index is 635. The summed E-state index contributed by atoms with van der Waals surface area (Å²) < 4.78 is 5.27. The zero-order valence-corrected chi connectivity index (χ0v) is 16.2. The lowest BCUT2D eigenvalue weighted by atomic mass is 9.88. The van der Waals surface area contributed by atoms with Crippen LogP contribution in [0.5, 0.6) is 5.75 Å². The van der Waals surface area contributed by atoms with E-state index in [1.165, 1.54) is 19.3 Å². The van der Waals surface area contributed by atoms with E-state index in [1.54, 1.807) is 7.11 Å².